The molecule has 0 bridgehead atoms. The van der Waals surface area contributed by atoms with Gasteiger partial charge in [-0.05, 0) is 0 Å². The van der Waals surface area contributed by atoms with Crippen molar-refractivity contribution in [3.8, 4) is 0 Å². The maximum Gasteiger partial charge on any atom is 2.00 e. The van der Waals surface area contributed by atoms with Crippen molar-refractivity contribution < 1.29 is 21.4 Å². The van der Waals surface area contributed by atoms with Gasteiger partial charge in [0.15, 0.2) is 0 Å². The molecule has 0 heterocycles. The maximum absolute atomic E-state index is 13.0. The van der Waals surface area contributed by atoms with Crippen LogP contribution in [0.25, 0.3) is 10.8 Å². The summed E-state index contributed by atoms with van der Waals surface area (Å²) in [5, 5.41) is 1.55. The molecule has 13 heavy (non-hydrogen) atoms. The summed E-state index contributed by atoms with van der Waals surface area (Å²) >= 11 is 0. The third-order valence-corrected chi connectivity index (χ3v) is 1.67. The molecule has 0 saturated carbocycles. The van der Waals surface area contributed by atoms with Crippen LogP contribution in [0, 0.1) is 11.9 Å². The van der Waals surface area contributed by atoms with Gasteiger partial charge in [-0.1, -0.05) is 23.6 Å². The molecule has 2 aromatic carbocycles. The van der Waals surface area contributed by atoms with Gasteiger partial charge in [0, 0.05) is 5.82 Å². The van der Waals surface area contributed by atoms with Crippen molar-refractivity contribution in [2.45, 2.75) is 0 Å². The van der Waals surface area contributed by atoms with E-state index in [4.69, 9.17) is 0 Å². The minimum atomic E-state index is -0.205. The smallest absolute Gasteiger partial charge is 1.00 e. The van der Waals surface area contributed by atoms with E-state index in [1.165, 1.54) is 6.07 Å². The Morgan fingerprint density at radius 1 is 1.08 bits per heavy atom. The average Bonchev–Trinajstić information content (AvgIpc) is 2.06. The van der Waals surface area contributed by atoms with Crippen molar-refractivity contribution in [3.05, 3.63) is 48.3 Å². The number of halogens is 2. The quantitative estimate of drug-likeness (QED) is 0.432. The number of benzene rings is 2. The predicted octanol–water partition coefficient (Wildman–Crippen LogP) is -0.598. The van der Waals surface area contributed by atoms with Gasteiger partial charge in [0.25, 0.3) is 0 Å². The van der Waals surface area contributed by atoms with E-state index >= 15 is 0 Å². The number of rotatable bonds is 0. The Balaban J connectivity index is 0.000000720. The van der Waals surface area contributed by atoms with Gasteiger partial charge in [0.2, 0.25) is 0 Å². The van der Waals surface area contributed by atoms with Gasteiger partial charge in [-0.25, -0.2) is 0 Å². The van der Waals surface area contributed by atoms with Crippen molar-refractivity contribution >= 4 is 33.8 Å². The Kier molecular flexibility index (Phi) is 5.52. The van der Waals surface area contributed by atoms with Crippen molar-refractivity contribution in [1.29, 1.82) is 0 Å². The zero-order chi connectivity index (χ0) is 7.68. The van der Waals surface area contributed by atoms with Gasteiger partial charge in [-0.15, -0.1) is 17.5 Å². The molecule has 0 spiro atoms. The second-order valence-electron chi connectivity index (χ2n) is 2.39. The molecule has 0 atom stereocenters. The van der Waals surface area contributed by atoms with Gasteiger partial charge in [-0.3, -0.25) is 4.39 Å². The Morgan fingerprint density at radius 2 is 1.77 bits per heavy atom. The Labute approximate surface area is 103 Å². The molecule has 0 N–H and O–H groups in total. The summed E-state index contributed by atoms with van der Waals surface area (Å²) in [4.78, 5) is 0. The molecular weight excluding hydrogens is 243 g/mol. The van der Waals surface area contributed by atoms with Crippen LogP contribution in [0.5, 0.6) is 0 Å². The maximum atomic E-state index is 13.0. The molecule has 0 aliphatic heterocycles. The number of fused-ring (bicyclic) bond motifs is 1. The summed E-state index contributed by atoms with van der Waals surface area (Å²) in [5.41, 5.74) is 0. The molecule has 0 aliphatic carbocycles. The molecule has 0 fully saturated rings. The van der Waals surface area contributed by atoms with Crippen molar-refractivity contribution in [2.75, 3.05) is 0 Å². The molecule has 2 rings (SSSR count). The van der Waals surface area contributed by atoms with E-state index in [0.29, 0.717) is 5.39 Å². The first-order valence-corrected chi connectivity index (χ1v) is 3.42. The minimum Gasteiger partial charge on any atom is -1.00 e. The second kappa shape index (κ2) is 5.57. The summed E-state index contributed by atoms with van der Waals surface area (Å²) in [6.45, 7) is 0. The number of hydrogen-bond acceptors (Lipinski definition) is 0. The molecule has 0 amide bonds. The van der Waals surface area contributed by atoms with Crippen LogP contribution in [0.2, 0.25) is 0 Å². The summed E-state index contributed by atoms with van der Waals surface area (Å²) in [6.07, 6.45) is 0. The van der Waals surface area contributed by atoms with Crippen molar-refractivity contribution in [3.63, 3.8) is 0 Å². The van der Waals surface area contributed by atoms with Gasteiger partial charge in [0.05, 0.1) is 0 Å². The minimum absolute atomic E-state index is 0. The van der Waals surface area contributed by atoms with Crippen LogP contribution < -0.4 is 17.0 Å². The van der Waals surface area contributed by atoms with Crippen LogP contribution in [0.4, 0.5) is 4.39 Å². The van der Waals surface area contributed by atoms with Crippen LogP contribution in [0.3, 0.4) is 0 Å². The van der Waals surface area contributed by atoms with Crippen LogP contribution >= 0.6 is 0 Å². The van der Waals surface area contributed by atoms with Crippen LogP contribution in [-0.4, -0.2) is 23.1 Å². The predicted molar refractivity (Wildman–Crippen MR) is 48.5 cm³/mol. The Bertz CT molecular complexity index is 384. The average molecular weight is 249 g/mol. The largest absolute Gasteiger partial charge is 2.00 e. The zero-order valence-electron chi connectivity index (χ0n) is 6.93. The first-order chi connectivity index (χ1) is 5.38. The van der Waals surface area contributed by atoms with E-state index in [0.717, 1.165) is 5.39 Å². The van der Waals surface area contributed by atoms with E-state index in [1.807, 2.05) is 18.2 Å². The summed E-state index contributed by atoms with van der Waals surface area (Å²) in [7, 11) is 0. The fourth-order valence-electron chi connectivity index (χ4n) is 1.12. The summed E-state index contributed by atoms with van der Waals surface area (Å²) < 4.78 is 13.0. The molecular formula is C10H6BrFMg. The van der Waals surface area contributed by atoms with Gasteiger partial charge in [0.1, 0.15) is 0 Å². The van der Waals surface area contributed by atoms with Crippen molar-refractivity contribution in [2.24, 2.45) is 0 Å². The molecule has 2 aromatic rings. The van der Waals surface area contributed by atoms with Crippen LogP contribution in [-0.2, 0) is 0 Å². The van der Waals surface area contributed by atoms with Gasteiger partial charge < -0.3 is 17.0 Å². The van der Waals surface area contributed by atoms with Gasteiger partial charge >= 0.3 is 23.1 Å². The Morgan fingerprint density at radius 3 is 2.46 bits per heavy atom. The van der Waals surface area contributed by atoms with E-state index in [2.05, 4.69) is 6.07 Å². The van der Waals surface area contributed by atoms with Crippen molar-refractivity contribution in [1.82, 2.24) is 0 Å². The standard InChI is InChI=1S/C10H6F.BrH.Mg/c11-10-7-3-5-8-4-1-2-6-9(8)10;;/h1-2,4-7H;1H;/q-1;;+2/p-1. The molecule has 0 aromatic heterocycles. The molecule has 0 radical (unpaired) electrons. The zero-order valence-corrected chi connectivity index (χ0v) is 9.93. The molecule has 0 aliphatic rings. The van der Waals surface area contributed by atoms with Gasteiger partial charge in [-0.2, -0.15) is 12.1 Å². The summed E-state index contributed by atoms with van der Waals surface area (Å²) in [5.74, 6) is -0.205. The molecule has 0 nitrogen and oxygen atoms in total. The third-order valence-electron chi connectivity index (χ3n) is 1.67. The SMILES string of the molecule is Fc1c[c-]cc2ccccc12.[Br-].[Mg+2]. The third kappa shape index (κ3) is 2.66. The normalized spacial score (nSPS) is 8.69. The van der Waals surface area contributed by atoms with E-state index in [1.54, 1.807) is 12.1 Å². The summed E-state index contributed by atoms with van der Waals surface area (Å²) in [6, 6.07) is 13.2. The monoisotopic (exact) mass is 248 g/mol. The molecule has 3 heteroatoms. The van der Waals surface area contributed by atoms with Crippen LogP contribution in [0.15, 0.2) is 36.4 Å². The molecule has 62 valence electrons. The fourth-order valence-corrected chi connectivity index (χ4v) is 1.12. The van der Waals surface area contributed by atoms with Crippen LogP contribution in [0.1, 0.15) is 0 Å². The first-order valence-electron chi connectivity index (χ1n) is 3.42. The first kappa shape index (κ1) is 12.9. The molecule has 0 saturated heterocycles. The fraction of sp³-hybridized carbons (Fsp3) is 0. The van der Waals surface area contributed by atoms with E-state index in [-0.39, 0.29) is 45.9 Å². The molecule has 0 unspecified atom stereocenters. The topological polar surface area (TPSA) is 0 Å². The Hall–Kier alpha value is -0.124. The second-order valence-corrected chi connectivity index (χ2v) is 2.39. The number of hydrogen-bond donors (Lipinski definition) is 0. The van der Waals surface area contributed by atoms with E-state index < -0.39 is 0 Å². The van der Waals surface area contributed by atoms with E-state index in [9.17, 15) is 4.39 Å².